The minimum Gasteiger partial charge on any atom is -0.388 e. The maximum Gasteiger partial charge on any atom is 0.124 e. The van der Waals surface area contributed by atoms with Crippen LogP contribution in [-0.4, -0.2) is 17.3 Å². The molecular weight excluding hydrogens is 229 g/mol. The van der Waals surface area contributed by atoms with Gasteiger partial charge in [-0.1, -0.05) is 17.7 Å². The first-order chi connectivity index (χ1) is 7.55. The van der Waals surface area contributed by atoms with Crippen LogP contribution in [0.2, 0.25) is 5.02 Å². The van der Waals surface area contributed by atoms with E-state index in [0.717, 1.165) is 18.4 Å². The Morgan fingerprint density at radius 3 is 2.69 bits per heavy atom. The zero-order valence-electron chi connectivity index (χ0n) is 8.92. The van der Waals surface area contributed by atoms with Crippen molar-refractivity contribution in [1.29, 1.82) is 0 Å². The molecule has 0 bridgehead atoms. The maximum absolute atomic E-state index is 12.9. The van der Waals surface area contributed by atoms with E-state index in [1.165, 1.54) is 12.1 Å². The highest BCUT2D eigenvalue weighted by atomic mass is 35.5. The summed E-state index contributed by atoms with van der Waals surface area (Å²) in [4.78, 5) is 0. The molecule has 1 aromatic carbocycles. The minimum atomic E-state index is -0.887. The molecule has 2 rings (SSSR count). The summed E-state index contributed by atoms with van der Waals surface area (Å²) in [6.45, 7) is 0.214. The molecular formula is C12H15ClFNO. The third-order valence-electron chi connectivity index (χ3n) is 3.20. The predicted octanol–water partition coefficient (Wildman–Crippen LogP) is 2.12. The smallest absolute Gasteiger partial charge is 0.124 e. The van der Waals surface area contributed by atoms with E-state index in [1.54, 1.807) is 6.07 Å². The fourth-order valence-corrected chi connectivity index (χ4v) is 2.23. The minimum absolute atomic E-state index is 0.214. The van der Waals surface area contributed by atoms with Gasteiger partial charge in [-0.2, -0.15) is 0 Å². The third-order valence-corrected chi connectivity index (χ3v) is 3.55. The van der Waals surface area contributed by atoms with Gasteiger partial charge in [-0.15, -0.1) is 0 Å². The van der Waals surface area contributed by atoms with Crippen molar-refractivity contribution in [2.75, 3.05) is 6.54 Å². The number of nitrogens with two attached hydrogens (primary N) is 1. The van der Waals surface area contributed by atoms with Crippen molar-refractivity contribution in [2.45, 2.75) is 24.9 Å². The first kappa shape index (κ1) is 11.8. The van der Waals surface area contributed by atoms with E-state index in [-0.39, 0.29) is 18.3 Å². The van der Waals surface area contributed by atoms with Crippen molar-refractivity contribution in [2.24, 2.45) is 11.7 Å². The Morgan fingerprint density at radius 2 is 2.19 bits per heavy atom. The Morgan fingerprint density at radius 1 is 1.50 bits per heavy atom. The highest BCUT2D eigenvalue weighted by molar-refractivity contribution is 6.31. The average molecular weight is 244 g/mol. The monoisotopic (exact) mass is 243 g/mol. The van der Waals surface area contributed by atoms with E-state index in [4.69, 9.17) is 17.3 Å². The van der Waals surface area contributed by atoms with Gasteiger partial charge in [0.25, 0.3) is 0 Å². The lowest BCUT2D eigenvalue weighted by Gasteiger charge is -2.27. The molecule has 1 unspecified atom stereocenters. The average Bonchev–Trinajstić information content (AvgIpc) is 3.06. The van der Waals surface area contributed by atoms with Crippen LogP contribution < -0.4 is 5.73 Å². The van der Waals surface area contributed by atoms with E-state index >= 15 is 0 Å². The van der Waals surface area contributed by atoms with Crippen molar-refractivity contribution in [3.8, 4) is 0 Å². The van der Waals surface area contributed by atoms with Crippen LogP contribution in [0.5, 0.6) is 0 Å². The Labute approximate surface area is 99.2 Å². The second-order valence-electron chi connectivity index (χ2n) is 4.49. The molecule has 0 radical (unpaired) electrons. The van der Waals surface area contributed by atoms with Gasteiger partial charge in [0.2, 0.25) is 0 Å². The Kier molecular flexibility index (Phi) is 3.19. The van der Waals surface area contributed by atoms with E-state index in [2.05, 4.69) is 0 Å². The highest BCUT2D eigenvalue weighted by Gasteiger charge is 2.42. The van der Waals surface area contributed by atoms with Crippen LogP contribution in [0, 0.1) is 11.7 Å². The third kappa shape index (κ3) is 2.37. The van der Waals surface area contributed by atoms with Crippen molar-refractivity contribution in [3.05, 3.63) is 34.6 Å². The fourth-order valence-electron chi connectivity index (χ4n) is 2.00. The molecule has 0 aliphatic heterocycles. The zero-order chi connectivity index (χ0) is 11.8. The van der Waals surface area contributed by atoms with Crippen molar-refractivity contribution in [1.82, 2.24) is 0 Å². The summed E-state index contributed by atoms with van der Waals surface area (Å²) in [6.07, 6.45) is 2.41. The second-order valence-corrected chi connectivity index (χ2v) is 4.90. The molecule has 1 aromatic rings. The normalized spacial score (nSPS) is 19.5. The van der Waals surface area contributed by atoms with E-state index in [9.17, 15) is 9.50 Å². The predicted molar refractivity (Wildman–Crippen MR) is 61.8 cm³/mol. The lowest BCUT2D eigenvalue weighted by molar-refractivity contribution is 0.0267. The molecule has 88 valence electrons. The number of hydrogen-bond acceptors (Lipinski definition) is 2. The van der Waals surface area contributed by atoms with E-state index in [1.807, 2.05) is 0 Å². The number of rotatable bonds is 4. The summed E-state index contributed by atoms with van der Waals surface area (Å²) >= 11 is 5.93. The molecule has 1 fully saturated rings. The SMILES string of the molecule is NCC(O)(Cc1ccc(F)cc1Cl)C1CC1. The summed E-state index contributed by atoms with van der Waals surface area (Å²) in [5.74, 6) is -0.102. The van der Waals surface area contributed by atoms with Crippen molar-refractivity contribution < 1.29 is 9.50 Å². The number of halogens is 2. The van der Waals surface area contributed by atoms with Gasteiger partial charge in [-0.3, -0.25) is 0 Å². The Balaban J connectivity index is 2.18. The fraction of sp³-hybridized carbons (Fsp3) is 0.500. The van der Waals surface area contributed by atoms with Crippen LogP contribution in [0.25, 0.3) is 0 Å². The van der Waals surface area contributed by atoms with Gasteiger partial charge >= 0.3 is 0 Å². The van der Waals surface area contributed by atoms with E-state index in [0.29, 0.717) is 11.4 Å². The summed E-state index contributed by atoms with van der Waals surface area (Å²) in [5, 5.41) is 10.7. The summed E-state index contributed by atoms with van der Waals surface area (Å²) in [5.41, 5.74) is 5.47. The van der Waals surface area contributed by atoms with Gasteiger partial charge in [-0.05, 0) is 36.5 Å². The quantitative estimate of drug-likeness (QED) is 0.851. The van der Waals surface area contributed by atoms with Crippen LogP contribution in [0.4, 0.5) is 4.39 Å². The standard InChI is InChI=1S/C12H15ClFNO/c13-11-5-10(14)4-1-8(11)6-12(16,7-15)9-2-3-9/h1,4-5,9,16H,2-3,6-7,15H2. The maximum atomic E-state index is 12.9. The first-order valence-corrected chi connectivity index (χ1v) is 5.79. The lowest BCUT2D eigenvalue weighted by Crippen LogP contribution is -2.42. The summed E-state index contributed by atoms with van der Waals surface area (Å²) < 4.78 is 12.9. The van der Waals surface area contributed by atoms with Crippen LogP contribution >= 0.6 is 11.6 Å². The summed E-state index contributed by atoms with van der Waals surface area (Å²) in [6, 6.07) is 4.23. The second kappa shape index (κ2) is 4.32. The van der Waals surface area contributed by atoms with Gasteiger partial charge in [0.05, 0.1) is 5.60 Å². The largest absolute Gasteiger partial charge is 0.388 e. The van der Waals surface area contributed by atoms with Crippen molar-refractivity contribution >= 4 is 11.6 Å². The number of aliphatic hydroxyl groups is 1. The lowest BCUT2D eigenvalue weighted by atomic mass is 9.90. The van der Waals surface area contributed by atoms with Gasteiger partial charge in [0, 0.05) is 18.0 Å². The topological polar surface area (TPSA) is 46.2 Å². The zero-order valence-corrected chi connectivity index (χ0v) is 9.67. The summed E-state index contributed by atoms with van der Waals surface area (Å²) in [7, 11) is 0. The van der Waals surface area contributed by atoms with Crippen LogP contribution in [0.15, 0.2) is 18.2 Å². The molecule has 1 aliphatic carbocycles. The molecule has 0 aromatic heterocycles. The molecule has 16 heavy (non-hydrogen) atoms. The molecule has 0 heterocycles. The molecule has 3 N–H and O–H groups in total. The van der Waals surface area contributed by atoms with Gasteiger partial charge in [0.1, 0.15) is 5.82 Å². The molecule has 1 aliphatic rings. The molecule has 0 amide bonds. The van der Waals surface area contributed by atoms with E-state index < -0.39 is 5.60 Å². The Hall–Kier alpha value is -0.640. The van der Waals surface area contributed by atoms with Gasteiger partial charge in [-0.25, -0.2) is 4.39 Å². The van der Waals surface area contributed by atoms with Gasteiger partial charge < -0.3 is 10.8 Å². The molecule has 0 spiro atoms. The number of hydrogen-bond donors (Lipinski definition) is 2. The van der Waals surface area contributed by atoms with Crippen LogP contribution in [-0.2, 0) is 6.42 Å². The van der Waals surface area contributed by atoms with Crippen molar-refractivity contribution in [3.63, 3.8) is 0 Å². The molecule has 1 saturated carbocycles. The van der Waals surface area contributed by atoms with Gasteiger partial charge in [0.15, 0.2) is 0 Å². The number of benzene rings is 1. The Bertz CT molecular complexity index is 395. The highest BCUT2D eigenvalue weighted by Crippen LogP contribution is 2.41. The van der Waals surface area contributed by atoms with Crippen LogP contribution in [0.1, 0.15) is 18.4 Å². The molecule has 1 atom stereocenters. The molecule has 0 saturated heterocycles. The van der Waals surface area contributed by atoms with Crippen LogP contribution in [0.3, 0.4) is 0 Å². The first-order valence-electron chi connectivity index (χ1n) is 5.41. The molecule has 2 nitrogen and oxygen atoms in total. The molecule has 4 heteroatoms.